The lowest BCUT2D eigenvalue weighted by Gasteiger charge is -2.12. The van der Waals surface area contributed by atoms with E-state index in [-0.39, 0.29) is 29.3 Å². The van der Waals surface area contributed by atoms with Gasteiger partial charge in [0.2, 0.25) is 0 Å². The average Bonchev–Trinajstić information content (AvgIpc) is 2.38. The summed E-state index contributed by atoms with van der Waals surface area (Å²) in [6.07, 6.45) is 1.64. The zero-order chi connectivity index (χ0) is 14.4. The molecule has 1 rings (SSSR count). The molecule has 0 aromatic heterocycles. The maximum atomic E-state index is 11.8. The molecule has 19 heavy (non-hydrogen) atoms. The van der Waals surface area contributed by atoms with Crippen molar-refractivity contribution in [1.82, 2.24) is 0 Å². The van der Waals surface area contributed by atoms with E-state index in [4.69, 9.17) is 20.9 Å². The molecule has 1 aromatic rings. The van der Waals surface area contributed by atoms with Gasteiger partial charge in [0, 0.05) is 11.8 Å². The summed E-state index contributed by atoms with van der Waals surface area (Å²) >= 11 is 0. The van der Waals surface area contributed by atoms with Crippen molar-refractivity contribution in [3.63, 3.8) is 0 Å². The number of hydrogen-bond donors (Lipinski definition) is 2. The molecule has 0 saturated carbocycles. The zero-order valence-corrected chi connectivity index (χ0v) is 10.6. The quantitative estimate of drug-likeness (QED) is 0.361. The summed E-state index contributed by atoms with van der Waals surface area (Å²) < 4.78 is 9.92. The topological polar surface area (TPSA) is 105 Å². The van der Waals surface area contributed by atoms with Gasteiger partial charge >= 0.3 is 11.9 Å². The zero-order valence-electron chi connectivity index (χ0n) is 10.6. The van der Waals surface area contributed by atoms with Crippen LogP contribution in [0.4, 0.5) is 11.4 Å². The summed E-state index contributed by atoms with van der Waals surface area (Å²) in [5, 5.41) is 0. The fourth-order valence-corrected chi connectivity index (χ4v) is 1.35. The molecule has 0 aliphatic carbocycles. The lowest BCUT2D eigenvalue weighted by molar-refractivity contribution is -0.128. The SMILES string of the molecule is C=CC(=O)Oc1c(N)cc(N)cc1C(=O)OCCC. The summed E-state index contributed by atoms with van der Waals surface area (Å²) in [6.45, 7) is 5.39. The Labute approximate surface area is 111 Å². The Kier molecular flexibility index (Phi) is 4.93. The minimum absolute atomic E-state index is 0.0150. The van der Waals surface area contributed by atoms with Crippen LogP contribution in [0.15, 0.2) is 24.8 Å². The van der Waals surface area contributed by atoms with Crippen molar-refractivity contribution in [3.8, 4) is 5.75 Å². The van der Waals surface area contributed by atoms with Crippen LogP contribution in [-0.2, 0) is 9.53 Å². The molecule has 0 radical (unpaired) electrons. The van der Waals surface area contributed by atoms with Gasteiger partial charge < -0.3 is 20.9 Å². The Morgan fingerprint density at radius 3 is 2.63 bits per heavy atom. The molecule has 1 aromatic carbocycles. The molecular weight excluding hydrogens is 248 g/mol. The van der Waals surface area contributed by atoms with Gasteiger partial charge in [-0.1, -0.05) is 13.5 Å². The van der Waals surface area contributed by atoms with Crippen LogP contribution in [0.1, 0.15) is 23.7 Å². The first-order valence-corrected chi connectivity index (χ1v) is 5.70. The summed E-state index contributed by atoms with van der Waals surface area (Å²) in [7, 11) is 0. The van der Waals surface area contributed by atoms with Crippen molar-refractivity contribution in [2.75, 3.05) is 18.1 Å². The summed E-state index contributed by atoms with van der Waals surface area (Å²) in [4.78, 5) is 23.1. The number of esters is 2. The summed E-state index contributed by atoms with van der Waals surface area (Å²) in [6, 6.07) is 2.74. The average molecular weight is 264 g/mol. The molecule has 0 bridgehead atoms. The maximum Gasteiger partial charge on any atom is 0.342 e. The van der Waals surface area contributed by atoms with E-state index in [0.29, 0.717) is 6.42 Å². The van der Waals surface area contributed by atoms with Crippen LogP contribution < -0.4 is 16.2 Å². The molecule has 0 fully saturated rings. The normalized spacial score (nSPS) is 9.74. The van der Waals surface area contributed by atoms with E-state index in [1.807, 2.05) is 6.92 Å². The molecule has 102 valence electrons. The van der Waals surface area contributed by atoms with Gasteiger partial charge in [-0.25, -0.2) is 9.59 Å². The Morgan fingerprint density at radius 2 is 2.05 bits per heavy atom. The van der Waals surface area contributed by atoms with Crippen LogP contribution in [0.2, 0.25) is 0 Å². The monoisotopic (exact) mass is 264 g/mol. The van der Waals surface area contributed by atoms with Crippen molar-refractivity contribution < 1.29 is 19.1 Å². The van der Waals surface area contributed by atoms with Gasteiger partial charge in [-0.15, -0.1) is 0 Å². The molecule has 0 spiro atoms. The molecule has 0 unspecified atom stereocenters. The van der Waals surface area contributed by atoms with Crippen molar-refractivity contribution in [2.45, 2.75) is 13.3 Å². The predicted octanol–water partition coefficient (Wildman–Crippen LogP) is 1.51. The molecule has 0 atom stereocenters. The maximum absolute atomic E-state index is 11.8. The first kappa shape index (κ1) is 14.6. The largest absolute Gasteiger partial charge is 0.462 e. The molecule has 6 heteroatoms. The van der Waals surface area contributed by atoms with Gasteiger partial charge in [-0.05, 0) is 18.6 Å². The molecule has 0 aliphatic rings. The van der Waals surface area contributed by atoms with Crippen molar-refractivity contribution in [2.24, 2.45) is 0 Å². The highest BCUT2D eigenvalue weighted by Crippen LogP contribution is 2.30. The van der Waals surface area contributed by atoms with Gasteiger partial charge in [0.05, 0.1) is 12.3 Å². The van der Waals surface area contributed by atoms with Crippen LogP contribution in [0.5, 0.6) is 5.75 Å². The molecule has 0 aliphatic heterocycles. The van der Waals surface area contributed by atoms with Crippen molar-refractivity contribution in [1.29, 1.82) is 0 Å². The Hall–Kier alpha value is -2.50. The summed E-state index contributed by atoms with van der Waals surface area (Å²) in [5.74, 6) is -1.44. The van der Waals surface area contributed by atoms with Crippen LogP contribution in [0.3, 0.4) is 0 Å². The number of anilines is 2. The Balaban J connectivity index is 3.15. The fourth-order valence-electron chi connectivity index (χ4n) is 1.35. The second-order valence-corrected chi connectivity index (χ2v) is 3.75. The van der Waals surface area contributed by atoms with Crippen molar-refractivity contribution >= 4 is 23.3 Å². The summed E-state index contributed by atoms with van der Waals surface area (Å²) in [5.41, 5.74) is 11.7. The molecule has 0 amide bonds. The number of ether oxygens (including phenoxy) is 2. The molecule has 0 saturated heterocycles. The molecular formula is C13H16N2O4. The number of nitrogen functional groups attached to an aromatic ring is 2. The number of benzene rings is 1. The van der Waals surface area contributed by atoms with E-state index >= 15 is 0 Å². The predicted molar refractivity (Wildman–Crippen MR) is 71.7 cm³/mol. The van der Waals surface area contributed by atoms with Gasteiger partial charge in [-0.3, -0.25) is 0 Å². The number of carbonyl (C=O) groups is 2. The lowest BCUT2D eigenvalue weighted by atomic mass is 10.1. The molecule has 4 N–H and O–H groups in total. The van der Waals surface area contributed by atoms with Gasteiger partial charge in [0.15, 0.2) is 5.75 Å². The van der Waals surface area contributed by atoms with Crippen LogP contribution in [-0.4, -0.2) is 18.5 Å². The first-order valence-electron chi connectivity index (χ1n) is 5.70. The third-order valence-electron chi connectivity index (χ3n) is 2.17. The highest BCUT2D eigenvalue weighted by Gasteiger charge is 2.19. The fraction of sp³-hybridized carbons (Fsp3) is 0.231. The smallest absolute Gasteiger partial charge is 0.342 e. The molecule has 6 nitrogen and oxygen atoms in total. The van der Waals surface area contributed by atoms with E-state index in [1.54, 1.807) is 0 Å². The van der Waals surface area contributed by atoms with E-state index < -0.39 is 11.9 Å². The number of nitrogens with two attached hydrogens (primary N) is 2. The number of carbonyl (C=O) groups excluding carboxylic acids is 2. The van der Waals surface area contributed by atoms with Crippen LogP contribution in [0.25, 0.3) is 0 Å². The third-order valence-corrected chi connectivity index (χ3v) is 2.17. The lowest BCUT2D eigenvalue weighted by Crippen LogP contribution is -2.13. The minimum Gasteiger partial charge on any atom is -0.462 e. The highest BCUT2D eigenvalue weighted by atomic mass is 16.5. The second-order valence-electron chi connectivity index (χ2n) is 3.75. The van der Waals surface area contributed by atoms with Crippen LogP contribution >= 0.6 is 0 Å². The first-order chi connectivity index (χ1) is 8.99. The van der Waals surface area contributed by atoms with E-state index in [0.717, 1.165) is 6.08 Å². The number of hydrogen-bond acceptors (Lipinski definition) is 6. The van der Waals surface area contributed by atoms with E-state index in [9.17, 15) is 9.59 Å². The minimum atomic E-state index is -0.721. The van der Waals surface area contributed by atoms with Crippen molar-refractivity contribution in [3.05, 3.63) is 30.4 Å². The van der Waals surface area contributed by atoms with Gasteiger partial charge in [0.1, 0.15) is 5.56 Å². The third kappa shape index (κ3) is 3.74. The van der Waals surface area contributed by atoms with Gasteiger partial charge in [-0.2, -0.15) is 0 Å². The van der Waals surface area contributed by atoms with Gasteiger partial charge in [0.25, 0.3) is 0 Å². The Bertz CT molecular complexity index is 512. The standard InChI is InChI=1S/C13H16N2O4/c1-3-5-18-13(17)9-6-8(14)7-10(15)12(9)19-11(16)4-2/h4,6-7H,2-3,5,14-15H2,1H3. The van der Waals surface area contributed by atoms with Crippen LogP contribution in [0, 0.1) is 0 Å². The Morgan fingerprint density at radius 1 is 1.37 bits per heavy atom. The highest BCUT2D eigenvalue weighted by molar-refractivity contribution is 5.98. The van der Waals surface area contributed by atoms with E-state index in [2.05, 4.69) is 6.58 Å². The number of rotatable bonds is 5. The molecule has 0 heterocycles. The second kappa shape index (κ2) is 6.44. The van der Waals surface area contributed by atoms with E-state index in [1.165, 1.54) is 12.1 Å².